The third-order valence-electron chi connectivity index (χ3n) is 4.77. The maximum absolute atomic E-state index is 12.9. The van der Waals surface area contributed by atoms with Crippen LogP contribution in [-0.4, -0.2) is 33.8 Å². The van der Waals surface area contributed by atoms with Crippen molar-refractivity contribution in [1.82, 2.24) is 9.88 Å². The fourth-order valence-corrected chi connectivity index (χ4v) is 3.36. The third kappa shape index (κ3) is 3.38. The molecule has 1 fully saturated rings. The molecule has 3 aromatic rings. The average molecular weight is 390 g/mol. The summed E-state index contributed by atoms with van der Waals surface area (Å²) in [4.78, 5) is 31.3. The van der Waals surface area contributed by atoms with Crippen LogP contribution >= 0.6 is 0 Å². The number of carbonyl (C=O) groups excluding carboxylic acids is 2. The minimum absolute atomic E-state index is 0.0222. The lowest BCUT2D eigenvalue weighted by atomic mass is 9.99. The fraction of sp³-hybridized carbons (Fsp3) is 0.136. The number of pyridine rings is 1. The summed E-state index contributed by atoms with van der Waals surface area (Å²) in [5, 5.41) is 10.9. The van der Waals surface area contributed by atoms with Crippen molar-refractivity contribution >= 4 is 17.4 Å². The van der Waals surface area contributed by atoms with Gasteiger partial charge in [0.2, 0.25) is 0 Å². The summed E-state index contributed by atoms with van der Waals surface area (Å²) in [6, 6.07) is 14.4. The van der Waals surface area contributed by atoms with Crippen LogP contribution in [0.5, 0.6) is 5.75 Å². The van der Waals surface area contributed by atoms with E-state index in [2.05, 4.69) is 4.98 Å². The van der Waals surface area contributed by atoms with E-state index in [1.807, 2.05) is 0 Å². The zero-order valence-corrected chi connectivity index (χ0v) is 15.6. The molecular formula is C22H18N2O5. The number of benzene rings is 1. The zero-order valence-electron chi connectivity index (χ0n) is 15.6. The molecule has 1 aliphatic rings. The van der Waals surface area contributed by atoms with Gasteiger partial charge in [0.1, 0.15) is 23.3 Å². The van der Waals surface area contributed by atoms with E-state index in [-0.39, 0.29) is 17.9 Å². The fourth-order valence-electron chi connectivity index (χ4n) is 3.36. The minimum atomic E-state index is -0.853. The van der Waals surface area contributed by atoms with E-state index in [0.29, 0.717) is 22.8 Å². The molecule has 0 bridgehead atoms. The molecular weight excluding hydrogens is 372 g/mol. The smallest absolute Gasteiger partial charge is 0.296 e. The molecule has 3 heterocycles. The number of aliphatic hydroxyl groups is 1. The highest BCUT2D eigenvalue weighted by Crippen LogP contribution is 2.40. The Balaban J connectivity index is 1.81. The second-order valence-electron chi connectivity index (χ2n) is 6.49. The summed E-state index contributed by atoms with van der Waals surface area (Å²) in [5.41, 5.74) is 1.000. The van der Waals surface area contributed by atoms with Crippen LogP contribution < -0.4 is 4.74 Å². The Morgan fingerprint density at radius 2 is 1.93 bits per heavy atom. The lowest BCUT2D eigenvalue weighted by molar-refractivity contribution is -0.140. The number of furan rings is 1. The zero-order chi connectivity index (χ0) is 20.4. The summed E-state index contributed by atoms with van der Waals surface area (Å²) in [7, 11) is 1.54. The standard InChI is InChI=1S/C22H18N2O5/c1-28-16-9-7-14(8-10-16)20(25)18-19(17-6-4-12-29-17)24(22(27)21(18)26)13-15-5-2-3-11-23-15/h2-12,19,25H,13H2,1H3/b20-18-. The van der Waals surface area contributed by atoms with Crippen molar-refractivity contribution in [3.8, 4) is 5.75 Å². The van der Waals surface area contributed by atoms with E-state index in [0.717, 1.165) is 0 Å². The first kappa shape index (κ1) is 18.5. The topological polar surface area (TPSA) is 92.9 Å². The molecule has 0 spiro atoms. The summed E-state index contributed by atoms with van der Waals surface area (Å²) in [6.45, 7) is 0.107. The average Bonchev–Trinajstić information content (AvgIpc) is 3.37. The van der Waals surface area contributed by atoms with E-state index >= 15 is 0 Å². The van der Waals surface area contributed by atoms with Gasteiger partial charge in [0.05, 0.1) is 31.2 Å². The van der Waals surface area contributed by atoms with Crippen molar-refractivity contribution < 1.29 is 23.8 Å². The third-order valence-corrected chi connectivity index (χ3v) is 4.77. The normalized spacial score (nSPS) is 18.2. The van der Waals surface area contributed by atoms with Crippen molar-refractivity contribution in [1.29, 1.82) is 0 Å². The Labute approximate surface area is 166 Å². The van der Waals surface area contributed by atoms with Gasteiger partial charge in [-0.05, 0) is 48.5 Å². The predicted molar refractivity (Wildman–Crippen MR) is 104 cm³/mol. The number of amides is 1. The van der Waals surface area contributed by atoms with E-state index in [1.165, 1.54) is 18.3 Å². The molecule has 0 saturated carbocycles. The first-order valence-corrected chi connectivity index (χ1v) is 8.96. The molecule has 7 heteroatoms. The molecule has 4 rings (SSSR count). The molecule has 1 aliphatic heterocycles. The first-order valence-electron chi connectivity index (χ1n) is 8.96. The van der Waals surface area contributed by atoms with Crippen molar-refractivity contribution in [2.45, 2.75) is 12.6 Å². The number of likely N-dealkylation sites (tertiary alicyclic amines) is 1. The van der Waals surface area contributed by atoms with Crippen LogP contribution in [0.1, 0.15) is 23.1 Å². The van der Waals surface area contributed by atoms with Crippen molar-refractivity contribution in [3.05, 3.63) is 89.6 Å². The van der Waals surface area contributed by atoms with Gasteiger partial charge in [-0.25, -0.2) is 0 Å². The molecule has 1 saturated heterocycles. The summed E-state index contributed by atoms with van der Waals surface area (Å²) >= 11 is 0. The highest BCUT2D eigenvalue weighted by Gasteiger charge is 2.47. The molecule has 7 nitrogen and oxygen atoms in total. The number of hydrogen-bond donors (Lipinski definition) is 1. The number of rotatable bonds is 5. The van der Waals surface area contributed by atoms with E-state index in [9.17, 15) is 14.7 Å². The number of methoxy groups -OCH3 is 1. The van der Waals surface area contributed by atoms with Gasteiger partial charge in [0.25, 0.3) is 11.7 Å². The lowest BCUT2D eigenvalue weighted by Crippen LogP contribution is -2.29. The molecule has 2 aromatic heterocycles. The van der Waals surface area contributed by atoms with Crippen molar-refractivity contribution in [2.24, 2.45) is 0 Å². The predicted octanol–water partition coefficient (Wildman–Crippen LogP) is 3.31. The van der Waals surface area contributed by atoms with Crippen molar-refractivity contribution in [3.63, 3.8) is 0 Å². The van der Waals surface area contributed by atoms with Gasteiger partial charge in [-0.15, -0.1) is 0 Å². The summed E-state index contributed by atoms with van der Waals surface area (Å²) in [5.74, 6) is -0.756. The van der Waals surface area contributed by atoms with Crippen LogP contribution in [0, 0.1) is 0 Å². The summed E-state index contributed by atoms with van der Waals surface area (Å²) in [6.07, 6.45) is 3.08. The molecule has 1 aromatic carbocycles. The first-order chi connectivity index (χ1) is 14.1. The Hall–Kier alpha value is -3.87. The van der Waals surface area contributed by atoms with Gasteiger partial charge in [-0.1, -0.05) is 6.07 Å². The number of ether oxygens (including phenoxy) is 1. The second-order valence-corrected chi connectivity index (χ2v) is 6.49. The SMILES string of the molecule is COc1ccc(/C(O)=C2/C(=O)C(=O)N(Cc3ccccn3)C2c2ccco2)cc1. The molecule has 1 unspecified atom stereocenters. The molecule has 29 heavy (non-hydrogen) atoms. The Morgan fingerprint density at radius 3 is 2.55 bits per heavy atom. The Morgan fingerprint density at radius 1 is 1.14 bits per heavy atom. The van der Waals surface area contributed by atoms with Crippen LogP contribution in [0.4, 0.5) is 0 Å². The maximum Gasteiger partial charge on any atom is 0.296 e. The second kappa shape index (κ2) is 7.63. The molecule has 146 valence electrons. The van der Waals surface area contributed by atoms with Crippen LogP contribution in [0.25, 0.3) is 5.76 Å². The number of ketones is 1. The van der Waals surface area contributed by atoms with Gasteiger partial charge >= 0.3 is 0 Å². The summed E-state index contributed by atoms with van der Waals surface area (Å²) < 4.78 is 10.6. The lowest BCUT2D eigenvalue weighted by Gasteiger charge is -2.22. The highest BCUT2D eigenvalue weighted by molar-refractivity contribution is 6.46. The largest absolute Gasteiger partial charge is 0.507 e. The van der Waals surface area contributed by atoms with E-state index < -0.39 is 17.7 Å². The van der Waals surface area contributed by atoms with Crippen molar-refractivity contribution in [2.75, 3.05) is 7.11 Å². The van der Waals surface area contributed by atoms with E-state index in [4.69, 9.17) is 9.15 Å². The van der Waals surface area contributed by atoms with Crippen LogP contribution in [0.3, 0.4) is 0 Å². The number of Topliss-reactive ketones (excluding diaryl/α,β-unsaturated/α-hetero) is 1. The molecule has 0 aliphatic carbocycles. The molecule has 1 amide bonds. The molecule has 0 radical (unpaired) electrons. The van der Waals surface area contributed by atoms with Crippen LogP contribution in [0.15, 0.2) is 77.0 Å². The van der Waals surface area contributed by atoms with Gasteiger partial charge in [-0.3, -0.25) is 14.6 Å². The van der Waals surface area contributed by atoms with Gasteiger partial charge < -0.3 is 19.2 Å². The number of carbonyl (C=O) groups is 2. The van der Waals surface area contributed by atoms with Crippen LogP contribution in [-0.2, 0) is 16.1 Å². The number of aromatic nitrogens is 1. The molecule has 1 N–H and O–H groups in total. The minimum Gasteiger partial charge on any atom is -0.507 e. The number of hydrogen-bond acceptors (Lipinski definition) is 6. The van der Waals surface area contributed by atoms with Gasteiger partial charge in [0, 0.05) is 11.8 Å². The monoisotopic (exact) mass is 390 g/mol. The van der Waals surface area contributed by atoms with Gasteiger partial charge in [-0.2, -0.15) is 0 Å². The number of aliphatic hydroxyl groups excluding tert-OH is 1. The van der Waals surface area contributed by atoms with Gasteiger partial charge in [0.15, 0.2) is 0 Å². The Bertz CT molecular complexity index is 1060. The van der Waals surface area contributed by atoms with E-state index in [1.54, 1.807) is 60.8 Å². The Kier molecular flexibility index (Phi) is 4.87. The number of nitrogens with zero attached hydrogens (tertiary/aromatic N) is 2. The quantitative estimate of drug-likeness (QED) is 0.408. The van der Waals surface area contributed by atoms with Crippen LogP contribution in [0.2, 0.25) is 0 Å². The highest BCUT2D eigenvalue weighted by atomic mass is 16.5. The molecule has 1 atom stereocenters. The maximum atomic E-state index is 12.9.